The highest BCUT2D eigenvalue weighted by Gasteiger charge is 2.32. The predicted molar refractivity (Wildman–Crippen MR) is 93.3 cm³/mol. The molecule has 2 fully saturated rings. The second-order valence-electron chi connectivity index (χ2n) is 7.19. The second-order valence-corrected chi connectivity index (χ2v) is 7.19. The Hall–Kier alpha value is -1.59. The Balaban J connectivity index is 1.49. The first-order valence-electron chi connectivity index (χ1n) is 8.99. The van der Waals surface area contributed by atoms with Gasteiger partial charge < -0.3 is 14.7 Å². The van der Waals surface area contributed by atoms with E-state index in [1.54, 1.807) is 0 Å². The number of aliphatic hydroxyl groups is 1. The van der Waals surface area contributed by atoms with Gasteiger partial charge in [0.2, 0.25) is 0 Å². The van der Waals surface area contributed by atoms with E-state index in [9.17, 15) is 9.90 Å². The van der Waals surface area contributed by atoms with Crippen LogP contribution in [0, 0.1) is 5.92 Å². The van der Waals surface area contributed by atoms with Crippen molar-refractivity contribution in [3.63, 3.8) is 0 Å². The largest absolute Gasteiger partial charge is 0.491 e. The predicted octanol–water partition coefficient (Wildman–Crippen LogP) is 2.00. The van der Waals surface area contributed by atoms with Crippen LogP contribution in [0.15, 0.2) is 24.3 Å². The first kappa shape index (κ1) is 17.2. The van der Waals surface area contributed by atoms with Crippen LogP contribution < -0.4 is 4.74 Å². The van der Waals surface area contributed by atoms with Gasteiger partial charge in [-0.1, -0.05) is 0 Å². The van der Waals surface area contributed by atoms with Crippen LogP contribution in [0.3, 0.4) is 0 Å². The molecule has 24 heavy (non-hydrogen) atoms. The Morgan fingerprint density at radius 1 is 1.17 bits per heavy atom. The molecule has 1 aliphatic heterocycles. The molecule has 2 aliphatic rings. The molecular weight excluding hydrogens is 304 g/mol. The Kier molecular flexibility index (Phi) is 5.41. The quantitative estimate of drug-likeness (QED) is 0.866. The van der Waals surface area contributed by atoms with E-state index in [-0.39, 0.29) is 18.1 Å². The van der Waals surface area contributed by atoms with Crippen LogP contribution in [-0.4, -0.2) is 65.7 Å². The minimum Gasteiger partial charge on any atom is -0.491 e. The fraction of sp³-hybridized carbons (Fsp3) is 0.632. The number of nitrogens with zero attached hydrogens (tertiary/aromatic N) is 2. The lowest BCUT2D eigenvalue weighted by Gasteiger charge is -2.35. The number of β-amino-alcohol motifs (C(OH)–C–C–N with tert-alkyl or cyclic N) is 1. The lowest BCUT2D eigenvalue weighted by Crippen LogP contribution is -2.50. The zero-order valence-electron chi connectivity index (χ0n) is 14.6. The molecule has 0 radical (unpaired) electrons. The van der Waals surface area contributed by atoms with E-state index in [0.29, 0.717) is 11.5 Å². The van der Waals surface area contributed by atoms with Crippen molar-refractivity contribution in [3.05, 3.63) is 29.8 Å². The maximum atomic E-state index is 12.6. The summed E-state index contributed by atoms with van der Waals surface area (Å²) in [6, 6.07) is 7.39. The summed E-state index contributed by atoms with van der Waals surface area (Å²) in [4.78, 5) is 16.8. The molecule has 0 aromatic heterocycles. The summed E-state index contributed by atoms with van der Waals surface area (Å²) >= 11 is 0. The summed E-state index contributed by atoms with van der Waals surface area (Å²) in [7, 11) is 0. The minimum atomic E-state index is -0.194. The summed E-state index contributed by atoms with van der Waals surface area (Å²) < 4.78 is 5.61. The molecule has 1 N–H and O–H groups in total. The normalized spacial score (nSPS) is 20.2. The molecule has 1 aromatic carbocycles. The summed E-state index contributed by atoms with van der Waals surface area (Å²) in [6.45, 7) is 7.83. The monoisotopic (exact) mass is 332 g/mol. The third kappa shape index (κ3) is 4.48. The minimum absolute atomic E-state index is 0.0773. The number of rotatable bonds is 6. The van der Waals surface area contributed by atoms with E-state index in [1.165, 1.54) is 0 Å². The van der Waals surface area contributed by atoms with Gasteiger partial charge in [-0.05, 0) is 56.9 Å². The average Bonchev–Trinajstić information content (AvgIpc) is 3.40. The first-order valence-corrected chi connectivity index (χ1v) is 8.99. The standard InChI is InChI=1S/C19H28N2O3/c1-14(2)24-17-7-5-16(6-8-17)19(23)21-11-9-20(10-12-21)13-18(22)15-3-4-15/h5-8,14-15,18,22H,3-4,9-13H2,1-2H3. The summed E-state index contributed by atoms with van der Waals surface area (Å²) in [5, 5.41) is 10.0. The van der Waals surface area contributed by atoms with E-state index in [0.717, 1.165) is 51.3 Å². The molecule has 1 aliphatic carbocycles. The summed E-state index contributed by atoms with van der Waals surface area (Å²) in [5.74, 6) is 1.38. The molecule has 5 nitrogen and oxygen atoms in total. The van der Waals surface area contributed by atoms with Gasteiger partial charge >= 0.3 is 0 Å². The van der Waals surface area contributed by atoms with Crippen LogP contribution in [0.4, 0.5) is 0 Å². The first-order chi connectivity index (χ1) is 11.5. The highest BCUT2D eigenvalue weighted by Crippen LogP contribution is 2.32. The van der Waals surface area contributed by atoms with Crippen molar-refractivity contribution in [2.75, 3.05) is 32.7 Å². The SMILES string of the molecule is CC(C)Oc1ccc(C(=O)N2CCN(CC(O)C3CC3)CC2)cc1. The van der Waals surface area contributed by atoms with Gasteiger partial charge in [-0.15, -0.1) is 0 Å². The Bertz CT molecular complexity index is 546. The molecule has 0 bridgehead atoms. The number of aliphatic hydroxyl groups excluding tert-OH is 1. The zero-order chi connectivity index (χ0) is 17.1. The van der Waals surface area contributed by atoms with E-state index in [4.69, 9.17) is 4.74 Å². The van der Waals surface area contributed by atoms with Crippen LogP contribution >= 0.6 is 0 Å². The van der Waals surface area contributed by atoms with Crippen molar-refractivity contribution in [2.45, 2.75) is 38.9 Å². The van der Waals surface area contributed by atoms with Crippen molar-refractivity contribution < 1.29 is 14.6 Å². The van der Waals surface area contributed by atoms with Gasteiger partial charge in [0.15, 0.2) is 0 Å². The molecule has 5 heteroatoms. The molecule has 1 saturated carbocycles. The number of ether oxygens (including phenoxy) is 1. The summed E-state index contributed by atoms with van der Waals surface area (Å²) in [6.07, 6.45) is 2.26. The zero-order valence-corrected chi connectivity index (χ0v) is 14.6. The third-order valence-corrected chi connectivity index (χ3v) is 4.74. The maximum absolute atomic E-state index is 12.6. The highest BCUT2D eigenvalue weighted by molar-refractivity contribution is 5.94. The van der Waals surface area contributed by atoms with Crippen LogP contribution in [0.25, 0.3) is 0 Å². The Morgan fingerprint density at radius 3 is 2.33 bits per heavy atom. The smallest absolute Gasteiger partial charge is 0.253 e. The van der Waals surface area contributed by atoms with Gasteiger partial charge in [-0.2, -0.15) is 0 Å². The molecule has 1 heterocycles. The van der Waals surface area contributed by atoms with Gasteiger partial charge in [-0.3, -0.25) is 9.69 Å². The molecule has 1 saturated heterocycles. The fourth-order valence-electron chi connectivity index (χ4n) is 3.16. The molecule has 3 rings (SSSR count). The number of carbonyl (C=O) groups excluding carboxylic acids is 1. The van der Waals surface area contributed by atoms with Crippen LogP contribution in [0.5, 0.6) is 5.75 Å². The van der Waals surface area contributed by atoms with E-state index >= 15 is 0 Å². The molecule has 1 aromatic rings. The van der Waals surface area contributed by atoms with Gasteiger partial charge in [0.1, 0.15) is 5.75 Å². The highest BCUT2D eigenvalue weighted by atomic mass is 16.5. The maximum Gasteiger partial charge on any atom is 0.253 e. The van der Waals surface area contributed by atoms with Crippen LogP contribution in [0.2, 0.25) is 0 Å². The number of hydrogen-bond donors (Lipinski definition) is 1. The van der Waals surface area contributed by atoms with E-state index in [2.05, 4.69) is 4.90 Å². The number of carbonyl (C=O) groups is 1. The number of hydrogen-bond acceptors (Lipinski definition) is 4. The van der Waals surface area contributed by atoms with Crippen molar-refractivity contribution in [1.82, 2.24) is 9.80 Å². The van der Waals surface area contributed by atoms with E-state index < -0.39 is 0 Å². The Labute approximate surface area is 144 Å². The fourth-order valence-corrected chi connectivity index (χ4v) is 3.16. The summed E-state index contributed by atoms with van der Waals surface area (Å²) in [5.41, 5.74) is 0.706. The topological polar surface area (TPSA) is 53.0 Å². The second kappa shape index (κ2) is 7.53. The van der Waals surface area contributed by atoms with Crippen molar-refractivity contribution in [1.29, 1.82) is 0 Å². The molecule has 132 valence electrons. The molecule has 1 amide bonds. The molecule has 0 spiro atoms. The van der Waals surface area contributed by atoms with E-state index in [1.807, 2.05) is 43.0 Å². The Morgan fingerprint density at radius 2 is 1.79 bits per heavy atom. The molecule has 1 unspecified atom stereocenters. The van der Waals surface area contributed by atoms with Gasteiger partial charge in [0.25, 0.3) is 5.91 Å². The average molecular weight is 332 g/mol. The van der Waals surface area contributed by atoms with Crippen molar-refractivity contribution in [2.24, 2.45) is 5.92 Å². The number of benzene rings is 1. The van der Waals surface area contributed by atoms with Gasteiger partial charge in [-0.25, -0.2) is 0 Å². The number of piperazine rings is 1. The van der Waals surface area contributed by atoms with Gasteiger partial charge in [0.05, 0.1) is 12.2 Å². The molecular formula is C19H28N2O3. The lowest BCUT2D eigenvalue weighted by molar-refractivity contribution is 0.0488. The van der Waals surface area contributed by atoms with Gasteiger partial charge in [0, 0.05) is 38.3 Å². The number of amides is 1. The van der Waals surface area contributed by atoms with Crippen LogP contribution in [0.1, 0.15) is 37.0 Å². The third-order valence-electron chi connectivity index (χ3n) is 4.74. The van der Waals surface area contributed by atoms with Crippen LogP contribution in [-0.2, 0) is 0 Å². The molecule has 1 atom stereocenters. The van der Waals surface area contributed by atoms with Crippen molar-refractivity contribution in [3.8, 4) is 5.75 Å². The van der Waals surface area contributed by atoms with Crippen molar-refractivity contribution >= 4 is 5.91 Å². The lowest BCUT2D eigenvalue weighted by atomic mass is 10.1.